The Kier molecular flexibility index (Phi) is 7.12. The van der Waals surface area contributed by atoms with Crippen molar-refractivity contribution in [3.8, 4) is 5.69 Å². The molecule has 0 spiro atoms. The molecule has 4 aromatic rings. The molecule has 0 aliphatic heterocycles. The summed E-state index contributed by atoms with van der Waals surface area (Å²) in [6, 6.07) is 10.2. The molecule has 4 nitrogen and oxygen atoms in total. The number of benzene rings is 2. The van der Waals surface area contributed by atoms with Crippen molar-refractivity contribution >= 4 is 51.8 Å². The second-order valence-electron chi connectivity index (χ2n) is 5.93. The van der Waals surface area contributed by atoms with Gasteiger partial charge in [-0.1, -0.05) is 47.1 Å². The summed E-state index contributed by atoms with van der Waals surface area (Å²) in [5.41, 5.74) is 0.0188. The smallest absolute Gasteiger partial charge is 0.545 e. The van der Waals surface area contributed by atoms with Crippen molar-refractivity contribution in [1.29, 1.82) is 0 Å². The Morgan fingerprint density at radius 3 is 2.50 bits per heavy atom. The first kappa shape index (κ1) is 23.1. The first-order chi connectivity index (χ1) is 13.9. The topological polar surface area (TPSA) is 57.9 Å². The standard InChI is InChI=1S/C20H10Cl2F2N2O2S.Na/c21-13-7-6-12-17(16(13)24)26(10-3-2-8-25-9-10)19(22)18(12)29-14-5-1-4-11(15(14)23)20(27)28;/h1-9H,(H,27,28);/q;+1/p-1. The van der Waals surface area contributed by atoms with Gasteiger partial charge in [0.2, 0.25) is 0 Å². The van der Waals surface area contributed by atoms with Gasteiger partial charge >= 0.3 is 29.6 Å². The molecule has 2 heterocycles. The summed E-state index contributed by atoms with van der Waals surface area (Å²) in [7, 11) is 0. The predicted octanol–water partition coefficient (Wildman–Crippen LogP) is 2.13. The van der Waals surface area contributed by atoms with Crippen LogP contribution in [0.25, 0.3) is 16.6 Å². The minimum atomic E-state index is -1.63. The van der Waals surface area contributed by atoms with Gasteiger partial charge in [0.1, 0.15) is 11.0 Å². The zero-order valence-electron chi connectivity index (χ0n) is 15.3. The number of aromatic nitrogens is 2. The van der Waals surface area contributed by atoms with Crippen molar-refractivity contribution in [2.45, 2.75) is 9.79 Å². The van der Waals surface area contributed by atoms with Gasteiger partial charge in [-0.05, 0) is 30.3 Å². The van der Waals surface area contributed by atoms with Gasteiger partial charge in [0.25, 0.3) is 0 Å². The third-order valence-electron chi connectivity index (χ3n) is 4.22. The van der Waals surface area contributed by atoms with E-state index in [1.807, 2.05) is 0 Å². The Labute approximate surface area is 206 Å². The van der Waals surface area contributed by atoms with E-state index in [4.69, 9.17) is 23.2 Å². The molecule has 0 bridgehead atoms. The quantitative estimate of drug-likeness (QED) is 0.427. The van der Waals surface area contributed by atoms with Crippen LogP contribution in [0.3, 0.4) is 0 Å². The molecular weight excluding hydrogens is 464 g/mol. The SMILES string of the molecule is O=C([O-])c1cccc(Sc2c(Cl)n(-c3cccnc3)c3c(F)c(Cl)ccc23)c1F.[Na+]. The van der Waals surface area contributed by atoms with E-state index >= 15 is 0 Å². The van der Waals surface area contributed by atoms with Gasteiger partial charge in [0.15, 0.2) is 5.82 Å². The number of halogens is 4. The van der Waals surface area contributed by atoms with E-state index in [2.05, 4.69) is 4.98 Å². The molecule has 2 aromatic carbocycles. The molecule has 30 heavy (non-hydrogen) atoms. The largest absolute Gasteiger partial charge is 1.00 e. The van der Waals surface area contributed by atoms with E-state index in [1.165, 1.54) is 29.0 Å². The summed E-state index contributed by atoms with van der Waals surface area (Å²) in [6.45, 7) is 0. The second-order valence-corrected chi connectivity index (χ2v) is 7.75. The van der Waals surface area contributed by atoms with Crippen LogP contribution in [0.15, 0.2) is 64.6 Å². The van der Waals surface area contributed by atoms with Crippen LogP contribution in [0.5, 0.6) is 0 Å². The molecule has 0 aliphatic carbocycles. The van der Waals surface area contributed by atoms with Crippen LogP contribution < -0.4 is 34.7 Å². The number of carbonyl (C=O) groups excluding carboxylic acids is 1. The van der Waals surface area contributed by atoms with Crippen molar-refractivity contribution in [1.82, 2.24) is 9.55 Å². The number of hydrogen-bond donors (Lipinski definition) is 0. The van der Waals surface area contributed by atoms with Gasteiger partial charge in [-0.15, -0.1) is 0 Å². The predicted molar refractivity (Wildman–Crippen MR) is 106 cm³/mol. The average Bonchev–Trinajstić information content (AvgIpc) is 2.99. The van der Waals surface area contributed by atoms with E-state index in [1.54, 1.807) is 24.4 Å². The summed E-state index contributed by atoms with van der Waals surface area (Å²) in [5.74, 6) is -3.28. The number of aromatic carboxylic acids is 1. The van der Waals surface area contributed by atoms with Crippen LogP contribution in [-0.2, 0) is 0 Å². The summed E-state index contributed by atoms with van der Waals surface area (Å²) < 4.78 is 31.0. The van der Waals surface area contributed by atoms with Crippen molar-refractivity contribution in [3.63, 3.8) is 0 Å². The Hall–Kier alpha value is -1.61. The number of pyridine rings is 1. The Morgan fingerprint density at radius 1 is 1.07 bits per heavy atom. The molecule has 0 fully saturated rings. The molecule has 0 amide bonds. The van der Waals surface area contributed by atoms with Gasteiger partial charge in [0.05, 0.1) is 33.3 Å². The van der Waals surface area contributed by atoms with Gasteiger partial charge in [0, 0.05) is 22.0 Å². The van der Waals surface area contributed by atoms with Gasteiger partial charge in [-0.3, -0.25) is 9.55 Å². The molecule has 4 rings (SSSR count). The van der Waals surface area contributed by atoms with Gasteiger partial charge < -0.3 is 9.90 Å². The maximum Gasteiger partial charge on any atom is 1.00 e. The molecular formula is C20H9Cl2F2N2NaO2S. The van der Waals surface area contributed by atoms with Crippen LogP contribution in [0.4, 0.5) is 8.78 Å². The molecule has 0 radical (unpaired) electrons. The van der Waals surface area contributed by atoms with Gasteiger partial charge in [-0.25, -0.2) is 8.78 Å². The normalized spacial score (nSPS) is 10.8. The first-order valence-electron chi connectivity index (χ1n) is 8.16. The monoisotopic (exact) mass is 472 g/mol. The van der Waals surface area contributed by atoms with E-state index < -0.39 is 23.2 Å². The number of carboxylic acids is 1. The fourth-order valence-corrected chi connectivity index (χ4v) is 4.50. The van der Waals surface area contributed by atoms with E-state index in [0.29, 0.717) is 16.0 Å². The molecule has 10 heteroatoms. The van der Waals surface area contributed by atoms with E-state index in [9.17, 15) is 18.7 Å². The van der Waals surface area contributed by atoms with Gasteiger partial charge in [-0.2, -0.15) is 0 Å². The van der Waals surface area contributed by atoms with Crippen LogP contribution >= 0.6 is 35.0 Å². The molecule has 2 aromatic heterocycles. The van der Waals surface area contributed by atoms with Crippen molar-refractivity contribution in [2.24, 2.45) is 0 Å². The molecule has 0 N–H and O–H groups in total. The maximum absolute atomic E-state index is 14.9. The molecule has 146 valence electrons. The number of rotatable bonds is 4. The zero-order chi connectivity index (χ0) is 20.7. The number of fused-ring (bicyclic) bond motifs is 1. The average molecular weight is 473 g/mol. The fraction of sp³-hybridized carbons (Fsp3) is 0. The van der Waals surface area contributed by atoms with Crippen molar-refractivity contribution < 1.29 is 48.2 Å². The minimum Gasteiger partial charge on any atom is -0.545 e. The third-order valence-corrected chi connectivity index (χ3v) is 6.13. The number of nitrogens with zero attached hydrogens (tertiary/aromatic N) is 2. The number of carboxylic acid groups (broad SMARTS) is 1. The Morgan fingerprint density at radius 2 is 1.83 bits per heavy atom. The zero-order valence-corrected chi connectivity index (χ0v) is 19.7. The summed E-state index contributed by atoms with van der Waals surface area (Å²) in [6.07, 6.45) is 3.06. The Bertz CT molecular complexity index is 1270. The summed E-state index contributed by atoms with van der Waals surface area (Å²) >= 11 is 13.4. The number of hydrogen-bond acceptors (Lipinski definition) is 4. The molecule has 0 saturated carbocycles. The van der Waals surface area contributed by atoms with Crippen LogP contribution in [0.1, 0.15) is 10.4 Å². The van der Waals surface area contributed by atoms with E-state index in [-0.39, 0.29) is 50.1 Å². The summed E-state index contributed by atoms with van der Waals surface area (Å²) in [5, 5.41) is 11.5. The first-order valence-corrected chi connectivity index (χ1v) is 9.73. The molecule has 0 aliphatic rings. The molecule has 0 atom stereocenters. The Balaban J connectivity index is 0.00000256. The van der Waals surface area contributed by atoms with Crippen molar-refractivity contribution in [3.05, 3.63) is 82.2 Å². The fourth-order valence-electron chi connectivity index (χ4n) is 2.94. The van der Waals surface area contributed by atoms with Crippen LogP contribution in [-0.4, -0.2) is 15.5 Å². The molecule has 0 unspecified atom stereocenters. The van der Waals surface area contributed by atoms with Crippen LogP contribution in [0, 0.1) is 11.6 Å². The number of carbonyl (C=O) groups is 1. The third kappa shape index (κ3) is 3.98. The minimum absolute atomic E-state index is 0. The van der Waals surface area contributed by atoms with Crippen molar-refractivity contribution in [2.75, 3.05) is 0 Å². The van der Waals surface area contributed by atoms with E-state index in [0.717, 1.165) is 17.8 Å². The maximum atomic E-state index is 14.9. The summed E-state index contributed by atoms with van der Waals surface area (Å²) in [4.78, 5) is 15.5. The second kappa shape index (κ2) is 9.26. The molecule has 0 saturated heterocycles. The van der Waals surface area contributed by atoms with Crippen LogP contribution in [0.2, 0.25) is 10.2 Å².